The minimum atomic E-state index is -0.0443. The molecule has 2 rings (SSSR count). The third-order valence-electron chi connectivity index (χ3n) is 2.97. The van der Waals surface area contributed by atoms with Crippen LogP contribution in [-0.4, -0.2) is 17.7 Å². The Bertz CT molecular complexity index is 619. The van der Waals surface area contributed by atoms with E-state index in [4.69, 9.17) is 0 Å². The Hall–Kier alpha value is -2.49. The summed E-state index contributed by atoms with van der Waals surface area (Å²) in [5.41, 5.74) is 1.27. The molecule has 0 aliphatic rings. The highest BCUT2D eigenvalue weighted by atomic mass is 16.2. The third kappa shape index (κ3) is 4.24. The highest BCUT2D eigenvalue weighted by Crippen LogP contribution is 2.07. The maximum atomic E-state index is 12.2. The molecule has 108 valence electrons. The van der Waals surface area contributed by atoms with E-state index in [1.165, 1.54) is 0 Å². The van der Waals surface area contributed by atoms with Crippen LogP contribution in [0.2, 0.25) is 0 Å². The van der Waals surface area contributed by atoms with E-state index in [0.29, 0.717) is 11.1 Å². The molecular weight excluding hydrogens is 264 g/mol. The lowest BCUT2D eigenvalue weighted by atomic mass is 10.0. The minimum absolute atomic E-state index is 0.0191. The summed E-state index contributed by atoms with van der Waals surface area (Å²) in [4.78, 5) is 23.9. The zero-order valence-corrected chi connectivity index (χ0v) is 12.2. The molecule has 1 aromatic heterocycles. The maximum Gasteiger partial charge on any atom is 0.286 e. The number of aromatic nitrogens is 1. The van der Waals surface area contributed by atoms with Gasteiger partial charge in [0.2, 0.25) is 6.54 Å². The van der Waals surface area contributed by atoms with Crippen molar-refractivity contribution < 1.29 is 14.2 Å². The second-order valence-electron chi connectivity index (χ2n) is 5.18. The number of ketones is 1. The van der Waals surface area contributed by atoms with Crippen LogP contribution in [0.1, 0.15) is 29.8 Å². The third-order valence-corrected chi connectivity index (χ3v) is 2.97. The number of amides is 1. The molecule has 0 fully saturated rings. The second-order valence-corrected chi connectivity index (χ2v) is 5.18. The number of pyridine rings is 1. The van der Waals surface area contributed by atoms with Gasteiger partial charge in [0.1, 0.15) is 0 Å². The SMILES string of the molecule is CC(C)NC(=O)C[n+]1ccc(C(=O)c2ccccc2)cc1. The van der Waals surface area contributed by atoms with Crippen LogP contribution >= 0.6 is 0 Å². The Morgan fingerprint density at radius 1 is 1.00 bits per heavy atom. The van der Waals surface area contributed by atoms with E-state index < -0.39 is 0 Å². The lowest BCUT2D eigenvalue weighted by Crippen LogP contribution is -2.44. The van der Waals surface area contributed by atoms with E-state index in [-0.39, 0.29) is 24.3 Å². The molecule has 0 unspecified atom stereocenters. The van der Waals surface area contributed by atoms with Crippen LogP contribution in [0, 0.1) is 0 Å². The summed E-state index contributed by atoms with van der Waals surface area (Å²) in [6, 6.07) is 12.7. The van der Waals surface area contributed by atoms with Gasteiger partial charge in [-0.15, -0.1) is 0 Å². The Morgan fingerprint density at radius 3 is 2.14 bits per heavy atom. The Morgan fingerprint density at radius 2 is 1.57 bits per heavy atom. The average molecular weight is 283 g/mol. The molecule has 1 amide bonds. The molecule has 1 heterocycles. The van der Waals surface area contributed by atoms with E-state index in [2.05, 4.69) is 5.32 Å². The molecule has 0 radical (unpaired) electrons. The predicted octanol–water partition coefficient (Wildman–Crippen LogP) is 1.73. The van der Waals surface area contributed by atoms with Crippen LogP contribution in [0.15, 0.2) is 54.9 Å². The summed E-state index contributed by atoms with van der Waals surface area (Å²) in [6.45, 7) is 4.09. The number of nitrogens with zero attached hydrogens (tertiary/aromatic N) is 1. The van der Waals surface area contributed by atoms with E-state index >= 15 is 0 Å². The molecule has 0 spiro atoms. The number of nitrogens with one attached hydrogen (secondary N) is 1. The first-order valence-electron chi connectivity index (χ1n) is 6.94. The number of carbonyl (C=O) groups excluding carboxylic acids is 2. The van der Waals surface area contributed by atoms with Crippen molar-refractivity contribution in [1.29, 1.82) is 0 Å². The first kappa shape index (κ1) is 14.9. The number of hydrogen-bond donors (Lipinski definition) is 1. The topological polar surface area (TPSA) is 50.1 Å². The molecule has 4 heteroatoms. The summed E-state index contributed by atoms with van der Waals surface area (Å²) in [5.74, 6) is -0.0634. The van der Waals surface area contributed by atoms with Crippen LogP contribution in [0.25, 0.3) is 0 Å². The normalized spacial score (nSPS) is 10.4. The summed E-state index contributed by atoms with van der Waals surface area (Å²) >= 11 is 0. The quantitative estimate of drug-likeness (QED) is 0.671. The Labute approximate surface area is 124 Å². The summed E-state index contributed by atoms with van der Waals surface area (Å²) < 4.78 is 1.75. The Balaban J connectivity index is 2.05. The molecule has 0 saturated carbocycles. The van der Waals surface area contributed by atoms with Gasteiger partial charge in [-0.2, -0.15) is 4.57 Å². The maximum absolute atomic E-state index is 12.2. The van der Waals surface area contributed by atoms with E-state index in [1.54, 1.807) is 41.2 Å². The molecule has 1 N–H and O–H groups in total. The van der Waals surface area contributed by atoms with Crippen LogP contribution in [-0.2, 0) is 11.3 Å². The van der Waals surface area contributed by atoms with Gasteiger partial charge in [-0.3, -0.25) is 9.59 Å². The molecule has 0 atom stereocenters. The highest BCUT2D eigenvalue weighted by molar-refractivity contribution is 6.08. The van der Waals surface area contributed by atoms with Crippen molar-refractivity contribution in [2.75, 3.05) is 0 Å². The average Bonchev–Trinajstić information content (AvgIpc) is 2.47. The largest absolute Gasteiger partial charge is 0.348 e. The first-order chi connectivity index (χ1) is 10.1. The van der Waals surface area contributed by atoms with Crippen LogP contribution in [0.4, 0.5) is 0 Å². The van der Waals surface area contributed by atoms with Gasteiger partial charge in [0.15, 0.2) is 18.2 Å². The molecule has 0 aliphatic carbocycles. The summed E-state index contributed by atoms with van der Waals surface area (Å²) in [5, 5.41) is 2.83. The fourth-order valence-corrected chi connectivity index (χ4v) is 2.00. The van der Waals surface area contributed by atoms with Gasteiger partial charge in [0.25, 0.3) is 5.91 Å². The highest BCUT2D eigenvalue weighted by Gasteiger charge is 2.13. The van der Waals surface area contributed by atoms with E-state index in [1.807, 2.05) is 32.0 Å². The van der Waals surface area contributed by atoms with Gasteiger partial charge >= 0.3 is 0 Å². The zero-order chi connectivity index (χ0) is 15.2. The van der Waals surface area contributed by atoms with E-state index in [0.717, 1.165) is 0 Å². The Kier molecular flexibility index (Phi) is 4.82. The van der Waals surface area contributed by atoms with Gasteiger partial charge in [-0.25, -0.2) is 0 Å². The van der Waals surface area contributed by atoms with Crippen molar-refractivity contribution >= 4 is 11.7 Å². The molecule has 0 bridgehead atoms. The number of carbonyl (C=O) groups is 2. The summed E-state index contributed by atoms with van der Waals surface area (Å²) in [7, 11) is 0. The lowest BCUT2D eigenvalue weighted by molar-refractivity contribution is -0.684. The monoisotopic (exact) mass is 283 g/mol. The molecular formula is C17H19N2O2+. The van der Waals surface area contributed by atoms with Crippen molar-refractivity contribution in [1.82, 2.24) is 5.32 Å². The van der Waals surface area contributed by atoms with Crippen LogP contribution in [0.3, 0.4) is 0 Å². The first-order valence-corrected chi connectivity index (χ1v) is 6.94. The number of benzene rings is 1. The van der Waals surface area contributed by atoms with Gasteiger partial charge < -0.3 is 5.32 Å². The fourth-order valence-electron chi connectivity index (χ4n) is 2.00. The lowest BCUT2D eigenvalue weighted by Gasteiger charge is -2.05. The van der Waals surface area contributed by atoms with Crippen molar-refractivity contribution in [3.8, 4) is 0 Å². The van der Waals surface area contributed by atoms with Crippen molar-refractivity contribution in [2.24, 2.45) is 0 Å². The summed E-state index contributed by atoms with van der Waals surface area (Å²) in [6.07, 6.45) is 3.49. The standard InChI is InChI=1S/C17H18N2O2/c1-13(2)18-16(20)12-19-10-8-15(9-11-19)17(21)14-6-4-3-5-7-14/h3-11,13H,12H2,1-2H3/p+1. The van der Waals surface area contributed by atoms with Crippen LogP contribution in [0.5, 0.6) is 0 Å². The molecule has 4 nitrogen and oxygen atoms in total. The van der Waals surface area contributed by atoms with E-state index in [9.17, 15) is 9.59 Å². The van der Waals surface area contributed by atoms with Gasteiger partial charge in [-0.1, -0.05) is 30.3 Å². The predicted molar refractivity (Wildman–Crippen MR) is 79.8 cm³/mol. The van der Waals surface area contributed by atoms with Crippen molar-refractivity contribution in [2.45, 2.75) is 26.4 Å². The minimum Gasteiger partial charge on any atom is -0.348 e. The number of hydrogen-bond acceptors (Lipinski definition) is 2. The molecule has 21 heavy (non-hydrogen) atoms. The molecule has 2 aromatic rings. The molecule has 1 aromatic carbocycles. The van der Waals surface area contributed by atoms with Crippen molar-refractivity contribution in [3.63, 3.8) is 0 Å². The van der Waals surface area contributed by atoms with Crippen LogP contribution < -0.4 is 9.88 Å². The number of rotatable bonds is 5. The van der Waals surface area contributed by atoms with Gasteiger partial charge in [0, 0.05) is 29.3 Å². The van der Waals surface area contributed by atoms with Crippen molar-refractivity contribution in [3.05, 3.63) is 66.0 Å². The fraction of sp³-hybridized carbons (Fsp3) is 0.235. The van der Waals surface area contributed by atoms with Gasteiger partial charge in [-0.05, 0) is 13.8 Å². The smallest absolute Gasteiger partial charge is 0.286 e. The molecule has 0 saturated heterocycles. The molecule has 0 aliphatic heterocycles. The zero-order valence-electron chi connectivity index (χ0n) is 12.2. The van der Waals surface area contributed by atoms with Gasteiger partial charge in [0.05, 0.1) is 0 Å². The second kappa shape index (κ2) is 6.79.